The van der Waals surface area contributed by atoms with Gasteiger partial charge in [-0.1, -0.05) is 6.07 Å². The lowest BCUT2D eigenvalue weighted by Crippen LogP contribution is -2.25. The Hall–Kier alpha value is -3.38. The van der Waals surface area contributed by atoms with Crippen LogP contribution in [0.25, 0.3) is 5.69 Å². The van der Waals surface area contributed by atoms with E-state index >= 15 is 0 Å². The molecule has 1 heterocycles. The highest BCUT2D eigenvalue weighted by molar-refractivity contribution is 7.89. The molecule has 0 spiro atoms. The van der Waals surface area contributed by atoms with Gasteiger partial charge in [-0.2, -0.15) is 4.68 Å². The average molecular weight is 418 g/mol. The maximum atomic E-state index is 12.7. The van der Waals surface area contributed by atoms with Gasteiger partial charge < -0.3 is 4.74 Å². The van der Waals surface area contributed by atoms with E-state index in [0.29, 0.717) is 23.6 Å². The number of ether oxygens (including phenoxy) is 1. The van der Waals surface area contributed by atoms with Gasteiger partial charge >= 0.3 is 0 Å². The summed E-state index contributed by atoms with van der Waals surface area (Å²) in [6, 6.07) is 10.6. The van der Waals surface area contributed by atoms with E-state index in [0.717, 1.165) is 6.07 Å². The number of hydrogen-bond donors (Lipinski definition) is 1. The van der Waals surface area contributed by atoms with Crippen LogP contribution in [0.4, 0.5) is 5.69 Å². The maximum absolute atomic E-state index is 12.7. The van der Waals surface area contributed by atoms with Gasteiger partial charge in [0.1, 0.15) is 5.75 Å². The first-order chi connectivity index (χ1) is 13.8. The quantitative estimate of drug-likeness (QED) is 0.431. The van der Waals surface area contributed by atoms with Crippen molar-refractivity contribution < 1.29 is 18.1 Å². The molecule has 0 saturated heterocycles. The predicted octanol–water partition coefficient (Wildman–Crippen LogP) is 1.76. The maximum Gasteiger partial charge on any atom is 0.270 e. The van der Waals surface area contributed by atoms with Gasteiger partial charge in [0, 0.05) is 12.1 Å². The minimum absolute atomic E-state index is 0.174. The fraction of sp³-hybridized carbons (Fsp3) is 0.235. The summed E-state index contributed by atoms with van der Waals surface area (Å²) in [5.41, 5.74) is 0.698. The van der Waals surface area contributed by atoms with Crippen LogP contribution in [0.3, 0.4) is 0 Å². The van der Waals surface area contributed by atoms with Crippen LogP contribution in [0, 0.1) is 17.0 Å². The van der Waals surface area contributed by atoms with E-state index in [4.69, 9.17) is 4.74 Å². The van der Waals surface area contributed by atoms with Gasteiger partial charge in [0.05, 0.1) is 28.7 Å². The molecular formula is C17H18N6O5S. The molecule has 0 radical (unpaired) electrons. The highest BCUT2D eigenvalue weighted by Crippen LogP contribution is 2.22. The molecule has 2 aromatic carbocycles. The average Bonchev–Trinajstić information content (AvgIpc) is 3.16. The van der Waals surface area contributed by atoms with Crippen LogP contribution in [0.5, 0.6) is 5.75 Å². The van der Waals surface area contributed by atoms with Gasteiger partial charge in [0.25, 0.3) is 5.69 Å². The van der Waals surface area contributed by atoms with Crippen LogP contribution in [0.15, 0.2) is 47.4 Å². The number of aromatic nitrogens is 4. The second-order valence-electron chi connectivity index (χ2n) is 5.97. The molecule has 3 aromatic rings. The fourth-order valence-electron chi connectivity index (χ4n) is 2.60. The van der Waals surface area contributed by atoms with Gasteiger partial charge in [-0.25, -0.2) is 13.1 Å². The second-order valence-corrected chi connectivity index (χ2v) is 7.70. The standard InChI is InChI=1S/C17H18N6O5S/c1-3-28-15-8-6-13(7-9-15)22-17(19-20-21-22)11-18-29(26,27)16-10-14(23(24)25)5-4-12(16)2/h4-10,18H,3,11H2,1-2H3. The molecule has 0 aliphatic rings. The van der Waals surface area contributed by atoms with Crippen LogP contribution >= 0.6 is 0 Å². The van der Waals surface area contributed by atoms with Gasteiger partial charge in [-0.15, -0.1) is 5.10 Å². The summed E-state index contributed by atoms with van der Waals surface area (Å²) < 4.78 is 34.5. The number of benzene rings is 2. The number of sulfonamides is 1. The zero-order chi connectivity index (χ0) is 21.0. The van der Waals surface area contributed by atoms with Gasteiger partial charge in [-0.05, 0) is 54.1 Å². The summed E-state index contributed by atoms with van der Waals surface area (Å²) in [5, 5.41) is 22.3. The Balaban J connectivity index is 1.81. The van der Waals surface area contributed by atoms with Crippen LogP contribution < -0.4 is 9.46 Å². The van der Waals surface area contributed by atoms with E-state index in [1.54, 1.807) is 31.2 Å². The summed E-state index contributed by atoms with van der Waals surface area (Å²) in [7, 11) is -4.02. The SMILES string of the molecule is CCOc1ccc(-n2nnnc2CNS(=O)(=O)c2cc([N+](=O)[O-])ccc2C)cc1. The minimum atomic E-state index is -4.02. The van der Waals surface area contributed by atoms with Gasteiger partial charge in [-0.3, -0.25) is 10.1 Å². The Morgan fingerprint density at radius 2 is 1.93 bits per heavy atom. The minimum Gasteiger partial charge on any atom is -0.494 e. The van der Waals surface area contributed by atoms with E-state index < -0.39 is 14.9 Å². The summed E-state index contributed by atoms with van der Waals surface area (Å²) in [5.74, 6) is 0.938. The molecule has 0 atom stereocenters. The molecule has 3 rings (SSSR count). The van der Waals surface area contributed by atoms with E-state index in [9.17, 15) is 18.5 Å². The number of hydrogen-bond acceptors (Lipinski definition) is 8. The molecule has 0 aliphatic carbocycles. The number of tetrazole rings is 1. The number of nitro groups is 1. The smallest absolute Gasteiger partial charge is 0.270 e. The molecule has 12 heteroatoms. The number of nitrogens with zero attached hydrogens (tertiary/aromatic N) is 5. The van der Waals surface area contributed by atoms with Crippen molar-refractivity contribution in [2.45, 2.75) is 25.3 Å². The van der Waals surface area contributed by atoms with Crippen molar-refractivity contribution in [1.29, 1.82) is 0 Å². The van der Waals surface area contributed by atoms with Crippen LogP contribution in [-0.4, -0.2) is 40.2 Å². The molecule has 0 aliphatic heterocycles. The molecule has 1 N–H and O–H groups in total. The van der Waals surface area contributed by atoms with Crippen molar-refractivity contribution in [2.24, 2.45) is 0 Å². The normalized spacial score (nSPS) is 11.4. The monoisotopic (exact) mass is 418 g/mol. The van der Waals surface area contributed by atoms with E-state index in [1.807, 2.05) is 6.92 Å². The second kappa shape index (κ2) is 8.32. The Bertz CT molecular complexity index is 1130. The summed E-state index contributed by atoms with van der Waals surface area (Å²) in [4.78, 5) is 10.1. The molecule has 0 unspecified atom stereocenters. The lowest BCUT2D eigenvalue weighted by atomic mass is 10.2. The molecule has 1 aromatic heterocycles. The highest BCUT2D eigenvalue weighted by Gasteiger charge is 2.21. The molecule has 11 nitrogen and oxygen atoms in total. The summed E-state index contributed by atoms with van der Waals surface area (Å²) in [6.45, 7) is 3.77. The largest absolute Gasteiger partial charge is 0.494 e. The molecule has 152 valence electrons. The Labute approximate surface area is 166 Å². The first-order valence-electron chi connectivity index (χ1n) is 8.57. The molecular weight excluding hydrogens is 400 g/mol. The summed E-state index contributed by atoms with van der Waals surface area (Å²) in [6.07, 6.45) is 0. The van der Waals surface area contributed by atoms with Crippen molar-refractivity contribution in [3.05, 3.63) is 64.0 Å². The molecule has 0 amide bonds. The van der Waals surface area contributed by atoms with E-state index in [-0.39, 0.29) is 23.0 Å². The van der Waals surface area contributed by atoms with Crippen molar-refractivity contribution in [3.8, 4) is 11.4 Å². The Kier molecular flexibility index (Phi) is 5.84. The Morgan fingerprint density at radius 3 is 2.59 bits per heavy atom. The first-order valence-corrected chi connectivity index (χ1v) is 10.1. The van der Waals surface area contributed by atoms with Crippen LogP contribution in [0.1, 0.15) is 18.3 Å². The lowest BCUT2D eigenvalue weighted by molar-refractivity contribution is -0.385. The third kappa shape index (κ3) is 4.55. The first kappa shape index (κ1) is 20.4. The van der Waals surface area contributed by atoms with Crippen LogP contribution in [-0.2, 0) is 16.6 Å². The molecule has 0 fully saturated rings. The summed E-state index contributed by atoms with van der Waals surface area (Å²) >= 11 is 0. The van der Waals surface area contributed by atoms with Crippen molar-refractivity contribution in [1.82, 2.24) is 24.9 Å². The van der Waals surface area contributed by atoms with Crippen molar-refractivity contribution >= 4 is 15.7 Å². The van der Waals surface area contributed by atoms with Gasteiger partial charge in [0.2, 0.25) is 10.0 Å². The number of aryl methyl sites for hydroxylation is 1. The number of non-ortho nitro benzene ring substituents is 1. The fourth-order valence-corrected chi connectivity index (χ4v) is 3.84. The highest BCUT2D eigenvalue weighted by atomic mass is 32.2. The lowest BCUT2D eigenvalue weighted by Gasteiger charge is -2.10. The molecule has 29 heavy (non-hydrogen) atoms. The zero-order valence-corrected chi connectivity index (χ0v) is 16.5. The van der Waals surface area contributed by atoms with Gasteiger partial charge in [0.15, 0.2) is 5.82 Å². The van der Waals surface area contributed by atoms with E-state index in [1.165, 1.54) is 16.8 Å². The van der Waals surface area contributed by atoms with Crippen molar-refractivity contribution in [3.63, 3.8) is 0 Å². The van der Waals surface area contributed by atoms with Crippen molar-refractivity contribution in [2.75, 3.05) is 6.61 Å². The predicted molar refractivity (Wildman–Crippen MR) is 102 cm³/mol. The molecule has 0 bridgehead atoms. The Morgan fingerprint density at radius 1 is 1.21 bits per heavy atom. The van der Waals surface area contributed by atoms with Crippen LogP contribution in [0.2, 0.25) is 0 Å². The van der Waals surface area contributed by atoms with E-state index in [2.05, 4.69) is 20.2 Å². The number of nitrogens with one attached hydrogen (secondary N) is 1. The third-order valence-corrected chi connectivity index (χ3v) is 5.56. The molecule has 0 saturated carbocycles. The topological polar surface area (TPSA) is 142 Å². The third-order valence-electron chi connectivity index (χ3n) is 4.02. The zero-order valence-electron chi connectivity index (χ0n) is 15.6. The number of rotatable bonds is 8. The number of nitro benzene ring substituents is 1.